The Bertz CT molecular complexity index is 1670. The molecular formula is C24H17ClN6O. The summed E-state index contributed by atoms with van der Waals surface area (Å²) >= 11 is 6.15. The van der Waals surface area contributed by atoms with Gasteiger partial charge >= 0.3 is 0 Å². The van der Waals surface area contributed by atoms with Crippen molar-refractivity contribution >= 4 is 39.2 Å². The lowest BCUT2D eigenvalue weighted by molar-refractivity contribution is 0.676. The zero-order valence-electron chi connectivity index (χ0n) is 16.9. The predicted molar refractivity (Wildman–Crippen MR) is 125 cm³/mol. The highest BCUT2D eigenvalue weighted by Crippen LogP contribution is 2.23. The van der Waals surface area contributed by atoms with Gasteiger partial charge in [-0.1, -0.05) is 41.9 Å². The molecule has 0 saturated heterocycles. The number of halogens is 1. The van der Waals surface area contributed by atoms with E-state index in [0.29, 0.717) is 40.5 Å². The van der Waals surface area contributed by atoms with E-state index >= 15 is 0 Å². The topological polar surface area (TPSA) is 80.9 Å². The van der Waals surface area contributed by atoms with Gasteiger partial charge in [0.05, 0.1) is 10.9 Å². The molecule has 6 rings (SSSR count). The molecule has 2 aromatic carbocycles. The number of fused-ring (bicyclic) bond motifs is 4. The van der Waals surface area contributed by atoms with Crippen molar-refractivity contribution in [2.24, 2.45) is 0 Å². The Hall–Kier alpha value is -3.97. The van der Waals surface area contributed by atoms with E-state index in [1.165, 1.54) is 0 Å². The van der Waals surface area contributed by atoms with Crippen molar-refractivity contribution in [3.8, 4) is 11.4 Å². The molecule has 0 aliphatic rings. The molecule has 0 spiro atoms. The fraction of sp³-hybridized carbons (Fsp3) is 0.0833. The third kappa shape index (κ3) is 3.06. The maximum atomic E-state index is 13.2. The molecule has 4 aromatic heterocycles. The van der Waals surface area contributed by atoms with Crippen LogP contribution < -0.4 is 5.56 Å². The maximum Gasteiger partial charge on any atom is 0.261 e. The summed E-state index contributed by atoms with van der Waals surface area (Å²) < 4.78 is 3.33. The summed E-state index contributed by atoms with van der Waals surface area (Å²) in [5, 5.41) is 6.86. The van der Waals surface area contributed by atoms with E-state index in [4.69, 9.17) is 11.6 Å². The van der Waals surface area contributed by atoms with E-state index in [1.807, 2.05) is 60.8 Å². The standard InChI is InChI=1S/C24H17ClN6O/c25-17-6-7-20-18(12-17)16(13-26-20)8-10-30-11-9-21-19(23(30)32)14-27-24-28-22(29-31(21)24)15-4-2-1-3-5-15/h1-7,9,11-14,26H,8,10H2. The quantitative estimate of drug-likeness (QED) is 0.438. The van der Waals surface area contributed by atoms with E-state index in [2.05, 4.69) is 20.1 Å². The van der Waals surface area contributed by atoms with Crippen LogP contribution in [0.4, 0.5) is 0 Å². The van der Waals surface area contributed by atoms with Crippen molar-refractivity contribution in [1.29, 1.82) is 0 Å². The average Bonchev–Trinajstić information content (AvgIpc) is 3.43. The van der Waals surface area contributed by atoms with Crippen LogP contribution in [0.5, 0.6) is 0 Å². The molecule has 0 saturated carbocycles. The number of H-pyrrole nitrogens is 1. The minimum absolute atomic E-state index is 0.105. The minimum atomic E-state index is -0.105. The molecule has 0 atom stereocenters. The summed E-state index contributed by atoms with van der Waals surface area (Å²) in [4.78, 5) is 25.3. The first kappa shape index (κ1) is 18.8. The highest BCUT2D eigenvalue weighted by molar-refractivity contribution is 6.31. The van der Waals surface area contributed by atoms with Gasteiger partial charge in [0, 0.05) is 46.6 Å². The van der Waals surface area contributed by atoms with Crippen molar-refractivity contribution in [2.75, 3.05) is 0 Å². The Kier molecular flexibility index (Phi) is 4.29. The Labute approximate surface area is 186 Å². The van der Waals surface area contributed by atoms with Crippen LogP contribution in [0.2, 0.25) is 5.02 Å². The zero-order valence-corrected chi connectivity index (χ0v) is 17.6. The van der Waals surface area contributed by atoms with Gasteiger partial charge in [-0.25, -0.2) is 4.98 Å². The fourth-order valence-corrected chi connectivity index (χ4v) is 4.22. The van der Waals surface area contributed by atoms with Crippen LogP contribution in [0.15, 0.2) is 78.0 Å². The average molecular weight is 441 g/mol. The summed E-state index contributed by atoms with van der Waals surface area (Å²) in [5.74, 6) is 1.04. The molecule has 0 bridgehead atoms. The number of pyridine rings is 1. The van der Waals surface area contributed by atoms with Gasteiger partial charge in [0.15, 0.2) is 5.82 Å². The molecule has 0 radical (unpaired) electrons. The zero-order chi connectivity index (χ0) is 21.7. The second-order valence-electron chi connectivity index (χ2n) is 7.64. The Morgan fingerprint density at radius 2 is 1.91 bits per heavy atom. The van der Waals surface area contributed by atoms with Gasteiger partial charge in [-0.15, -0.1) is 5.10 Å². The summed E-state index contributed by atoms with van der Waals surface area (Å²) in [5.41, 5.74) is 3.63. The van der Waals surface area contributed by atoms with Crippen LogP contribution in [0.1, 0.15) is 5.56 Å². The molecule has 0 unspecified atom stereocenters. The molecule has 8 heteroatoms. The van der Waals surface area contributed by atoms with Crippen LogP contribution in [0.3, 0.4) is 0 Å². The van der Waals surface area contributed by atoms with E-state index in [9.17, 15) is 4.79 Å². The first-order valence-corrected chi connectivity index (χ1v) is 10.6. The Balaban J connectivity index is 1.37. The van der Waals surface area contributed by atoms with Crippen LogP contribution in [-0.2, 0) is 13.0 Å². The Morgan fingerprint density at radius 1 is 1.03 bits per heavy atom. The highest BCUT2D eigenvalue weighted by Gasteiger charge is 2.13. The lowest BCUT2D eigenvalue weighted by Crippen LogP contribution is -2.21. The second kappa shape index (κ2) is 7.32. The number of aromatic amines is 1. The molecule has 4 heterocycles. The summed E-state index contributed by atoms with van der Waals surface area (Å²) in [6.07, 6.45) is 6.05. The van der Waals surface area contributed by atoms with Crippen molar-refractivity contribution in [3.05, 3.63) is 94.1 Å². The number of nitrogens with zero attached hydrogens (tertiary/aromatic N) is 5. The molecule has 32 heavy (non-hydrogen) atoms. The Morgan fingerprint density at radius 3 is 2.78 bits per heavy atom. The largest absolute Gasteiger partial charge is 0.361 e. The van der Waals surface area contributed by atoms with Gasteiger partial charge in [0.1, 0.15) is 0 Å². The SMILES string of the molecule is O=c1c2cnc3nc(-c4ccccc4)nn3c2ccn1CCc1c[nH]c2ccc(Cl)cc12. The monoisotopic (exact) mass is 440 g/mol. The van der Waals surface area contributed by atoms with E-state index in [-0.39, 0.29) is 5.56 Å². The molecule has 6 aromatic rings. The van der Waals surface area contributed by atoms with Crippen molar-refractivity contribution in [2.45, 2.75) is 13.0 Å². The normalized spacial score (nSPS) is 11.7. The van der Waals surface area contributed by atoms with Crippen LogP contribution in [0.25, 0.3) is 39.0 Å². The summed E-state index contributed by atoms with van der Waals surface area (Å²) in [7, 11) is 0. The number of hydrogen-bond donors (Lipinski definition) is 1. The number of benzene rings is 2. The van der Waals surface area contributed by atoms with Gasteiger partial charge in [-0.05, 0) is 36.2 Å². The smallest absolute Gasteiger partial charge is 0.261 e. The van der Waals surface area contributed by atoms with Gasteiger partial charge in [0.2, 0.25) is 0 Å². The van der Waals surface area contributed by atoms with Crippen LogP contribution in [0, 0.1) is 0 Å². The van der Waals surface area contributed by atoms with Crippen LogP contribution in [-0.4, -0.2) is 29.1 Å². The molecule has 0 amide bonds. The van der Waals surface area contributed by atoms with E-state index in [0.717, 1.165) is 22.0 Å². The van der Waals surface area contributed by atoms with E-state index in [1.54, 1.807) is 21.5 Å². The molecule has 0 aliphatic carbocycles. The maximum absolute atomic E-state index is 13.2. The molecule has 0 aliphatic heterocycles. The molecule has 7 nitrogen and oxygen atoms in total. The number of aryl methyl sites for hydroxylation is 2. The highest BCUT2D eigenvalue weighted by atomic mass is 35.5. The minimum Gasteiger partial charge on any atom is -0.361 e. The first-order valence-electron chi connectivity index (χ1n) is 10.2. The lowest BCUT2D eigenvalue weighted by atomic mass is 10.1. The number of rotatable bonds is 4. The summed E-state index contributed by atoms with van der Waals surface area (Å²) in [6.45, 7) is 0.541. The number of aromatic nitrogens is 6. The number of hydrogen-bond acceptors (Lipinski definition) is 4. The third-order valence-corrected chi connectivity index (χ3v) is 5.93. The van der Waals surface area contributed by atoms with Gasteiger partial charge in [-0.3, -0.25) is 4.79 Å². The first-order chi connectivity index (χ1) is 15.7. The summed E-state index contributed by atoms with van der Waals surface area (Å²) in [6, 6.07) is 17.4. The van der Waals surface area contributed by atoms with Gasteiger partial charge in [-0.2, -0.15) is 9.50 Å². The van der Waals surface area contributed by atoms with Crippen molar-refractivity contribution in [3.63, 3.8) is 0 Å². The lowest BCUT2D eigenvalue weighted by Gasteiger charge is -2.07. The van der Waals surface area contributed by atoms with Gasteiger partial charge < -0.3 is 9.55 Å². The fourth-order valence-electron chi connectivity index (χ4n) is 4.04. The molecular weight excluding hydrogens is 424 g/mol. The number of nitrogens with one attached hydrogen (secondary N) is 1. The predicted octanol–water partition coefficient (Wildman–Crippen LogP) is 4.48. The second-order valence-corrected chi connectivity index (χ2v) is 8.07. The molecule has 1 N–H and O–H groups in total. The third-order valence-electron chi connectivity index (χ3n) is 5.69. The molecule has 156 valence electrons. The molecule has 0 fully saturated rings. The van der Waals surface area contributed by atoms with Crippen molar-refractivity contribution in [1.82, 2.24) is 29.1 Å². The van der Waals surface area contributed by atoms with Gasteiger partial charge in [0.25, 0.3) is 11.3 Å². The van der Waals surface area contributed by atoms with Crippen molar-refractivity contribution < 1.29 is 0 Å². The van der Waals surface area contributed by atoms with Crippen LogP contribution >= 0.6 is 11.6 Å². The van der Waals surface area contributed by atoms with E-state index < -0.39 is 0 Å².